The molecule has 0 spiro atoms. The first-order valence-electron chi connectivity index (χ1n) is 4.28. The predicted octanol–water partition coefficient (Wildman–Crippen LogP) is 0.799. The second kappa shape index (κ2) is 3.11. The van der Waals surface area contributed by atoms with Gasteiger partial charge in [0.15, 0.2) is 0 Å². The molecule has 2 heterocycles. The fourth-order valence-electron chi connectivity index (χ4n) is 1.65. The van der Waals surface area contributed by atoms with Crippen molar-refractivity contribution in [2.75, 3.05) is 6.54 Å². The van der Waals surface area contributed by atoms with Crippen molar-refractivity contribution < 1.29 is 0 Å². The fourth-order valence-corrected chi connectivity index (χ4v) is 1.65. The van der Waals surface area contributed by atoms with Crippen molar-refractivity contribution in [2.45, 2.75) is 18.9 Å². The Balaban J connectivity index is 2.27. The van der Waals surface area contributed by atoms with Gasteiger partial charge in [0.2, 0.25) is 5.56 Å². The van der Waals surface area contributed by atoms with Crippen molar-refractivity contribution in [1.29, 1.82) is 0 Å². The third-order valence-corrected chi connectivity index (χ3v) is 2.26. The van der Waals surface area contributed by atoms with Crippen molar-refractivity contribution in [3.05, 3.63) is 34.2 Å². The Morgan fingerprint density at radius 3 is 3.08 bits per heavy atom. The van der Waals surface area contributed by atoms with E-state index in [2.05, 4.69) is 10.3 Å². The maximum Gasteiger partial charge on any atom is 0.248 e. The van der Waals surface area contributed by atoms with Gasteiger partial charge in [0.05, 0.1) is 0 Å². The van der Waals surface area contributed by atoms with Crippen LogP contribution in [0.1, 0.15) is 24.4 Å². The number of aromatic amines is 1. The van der Waals surface area contributed by atoms with Gasteiger partial charge in [0, 0.05) is 18.3 Å². The molecule has 3 nitrogen and oxygen atoms in total. The molecule has 1 aromatic heterocycles. The number of hydrogen-bond donors (Lipinski definition) is 2. The summed E-state index contributed by atoms with van der Waals surface area (Å²) >= 11 is 0. The van der Waals surface area contributed by atoms with Gasteiger partial charge in [-0.3, -0.25) is 4.79 Å². The first-order chi connectivity index (χ1) is 5.86. The van der Waals surface area contributed by atoms with E-state index in [-0.39, 0.29) is 5.56 Å². The Morgan fingerprint density at radius 2 is 2.42 bits per heavy atom. The molecule has 3 heteroatoms. The molecular weight excluding hydrogens is 152 g/mol. The first kappa shape index (κ1) is 7.55. The predicted molar refractivity (Wildman–Crippen MR) is 47.0 cm³/mol. The highest BCUT2D eigenvalue weighted by Gasteiger charge is 2.15. The summed E-state index contributed by atoms with van der Waals surface area (Å²) in [6.45, 7) is 1.07. The van der Waals surface area contributed by atoms with Gasteiger partial charge in [0.1, 0.15) is 0 Å². The molecule has 0 aromatic carbocycles. The summed E-state index contributed by atoms with van der Waals surface area (Å²) in [6.07, 6.45) is 4.05. The van der Waals surface area contributed by atoms with Crippen LogP contribution in [-0.2, 0) is 0 Å². The van der Waals surface area contributed by atoms with Gasteiger partial charge in [-0.1, -0.05) is 0 Å². The lowest BCUT2D eigenvalue weighted by Crippen LogP contribution is -2.15. The lowest BCUT2D eigenvalue weighted by atomic mass is 10.1. The van der Waals surface area contributed by atoms with E-state index in [0.717, 1.165) is 18.5 Å². The van der Waals surface area contributed by atoms with E-state index >= 15 is 0 Å². The highest BCUT2D eigenvalue weighted by molar-refractivity contribution is 5.15. The summed E-state index contributed by atoms with van der Waals surface area (Å²) in [4.78, 5) is 13.6. The van der Waals surface area contributed by atoms with Crippen LogP contribution in [0.3, 0.4) is 0 Å². The topological polar surface area (TPSA) is 44.9 Å². The number of nitrogens with one attached hydrogen (secondary N) is 2. The minimum absolute atomic E-state index is 0.0128. The Morgan fingerprint density at radius 1 is 1.50 bits per heavy atom. The van der Waals surface area contributed by atoms with Crippen molar-refractivity contribution in [3.63, 3.8) is 0 Å². The molecule has 0 amide bonds. The molecule has 0 unspecified atom stereocenters. The monoisotopic (exact) mass is 164 g/mol. The summed E-state index contributed by atoms with van der Waals surface area (Å²) in [5, 5.41) is 3.35. The zero-order chi connectivity index (χ0) is 8.39. The maximum atomic E-state index is 11.0. The molecule has 0 bridgehead atoms. The fraction of sp³-hybridized carbons (Fsp3) is 0.444. The Kier molecular flexibility index (Phi) is 1.96. The summed E-state index contributed by atoms with van der Waals surface area (Å²) in [6, 6.07) is 4.03. The van der Waals surface area contributed by atoms with E-state index in [4.69, 9.17) is 0 Å². The van der Waals surface area contributed by atoms with Crippen LogP contribution in [0.4, 0.5) is 0 Å². The van der Waals surface area contributed by atoms with E-state index < -0.39 is 0 Å². The molecule has 2 N–H and O–H groups in total. The molecular formula is C9H12N2O. The molecule has 2 rings (SSSR count). The van der Waals surface area contributed by atoms with Crippen molar-refractivity contribution in [3.8, 4) is 0 Å². The molecule has 1 atom stereocenters. The van der Waals surface area contributed by atoms with Gasteiger partial charge in [-0.2, -0.15) is 0 Å². The van der Waals surface area contributed by atoms with E-state index in [0.29, 0.717) is 6.04 Å². The number of pyridine rings is 1. The zero-order valence-electron chi connectivity index (χ0n) is 6.84. The smallest absolute Gasteiger partial charge is 0.248 e. The highest BCUT2D eigenvalue weighted by Crippen LogP contribution is 2.20. The third kappa shape index (κ3) is 1.41. The SMILES string of the molecule is O=c1cc([C@@H]2CCCN2)cc[nH]1. The lowest BCUT2D eigenvalue weighted by Gasteiger charge is -2.08. The van der Waals surface area contributed by atoms with Crippen LogP contribution in [0.25, 0.3) is 0 Å². The summed E-state index contributed by atoms with van der Waals surface area (Å²) in [7, 11) is 0. The second-order valence-corrected chi connectivity index (χ2v) is 3.14. The minimum atomic E-state index is -0.0128. The van der Waals surface area contributed by atoms with Gasteiger partial charge >= 0.3 is 0 Å². The molecule has 12 heavy (non-hydrogen) atoms. The normalized spacial score (nSPS) is 22.8. The Hall–Kier alpha value is -1.09. The molecule has 0 saturated carbocycles. The molecule has 64 valence electrons. The van der Waals surface area contributed by atoms with E-state index in [1.807, 2.05) is 6.07 Å². The van der Waals surface area contributed by atoms with Gasteiger partial charge < -0.3 is 10.3 Å². The standard InChI is InChI=1S/C9H12N2O/c12-9-6-7(3-5-11-9)8-2-1-4-10-8/h3,5-6,8,10H,1-2,4H2,(H,11,12)/t8-/m0/s1. The number of hydrogen-bond acceptors (Lipinski definition) is 2. The van der Waals surface area contributed by atoms with Crippen molar-refractivity contribution >= 4 is 0 Å². The third-order valence-electron chi connectivity index (χ3n) is 2.26. The molecule has 1 fully saturated rings. The van der Waals surface area contributed by atoms with Crippen LogP contribution in [0.15, 0.2) is 23.1 Å². The molecule has 1 aliphatic rings. The molecule has 1 aliphatic heterocycles. The largest absolute Gasteiger partial charge is 0.329 e. The van der Waals surface area contributed by atoms with Gasteiger partial charge in [-0.15, -0.1) is 0 Å². The van der Waals surface area contributed by atoms with Crippen molar-refractivity contribution in [1.82, 2.24) is 10.3 Å². The molecule has 0 aliphatic carbocycles. The quantitative estimate of drug-likeness (QED) is 0.644. The first-order valence-corrected chi connectivity index (χ1v) is 4.28. The molecule has 0 radical (unpaired) electrons. The van der Waals surface area contributed by atoms with Gasteiger partial charge in [-0.05, 0) is 31.0 Å². The van der Waals surface area contributed by atoms with Crippen LogP contribution in [0.2, 0.25) is 0 Å². The van der Waals surface area contributed by atoms with Gasteiger partial charge in [0.25, 0.3) is 0 Å². The highest BCUT2D eigenvalue weighted by atomic mass is 16.1. The van der Waals surface area contributed by atoms with Crippen LogP contribution in [-0.4, -0.2) is 11.5 Å². The Bertz CT molecular complexity index is 312. The number of aromatic nitrogens is 1. The molecule has 1 saturated heterocycles. The second-order valence-electron chi connectivity index (χ2n) is 3.14. The van der Waals surface area contributed by atoms with E-state index in [1.165, 1.54) is 6.42 Å². The van der Waals surface area contributed by atoms with E-state index in [9.17, 15) is 4.79 Å². The molecule has 1 aromatic rings. The van der Waals surface area contributed by atoms with Crippen LogP contribution < -0.4 is 10.9 Å². The van der Waals surface area contributed by atoms with Crippen LogP contribution in [0.5, 0.6) is 0 Å². The summed E-state index contributed by atoms with van der Waals surface area (Å²) in [5.74, 6) is 0. The zero-order valence-corrected chi connectivity index (χ0v) is 6.84. The van der Waals surface area contributed by atoms with Crippen molar-refractivity contribution in [2.24, 2.45) is 0 Å². The lowest BCUT2D eigenvalue weighted by molar-refractivity contribution is 0.646. The maximum absolute atomic E-state index is 11.0. The van der Waals surface area contributed by atoms with E-state index in [1.54, 1.807) is 12.3 Å². The number of rotatable bonds is 1. The summed E-state index contributed by atoms with van der Waals surface area (Å²) < 4.78 is 0. The van der Waals surface area contributed by atoms with Gasteiger partial charge in [-0.25, -0.2) is 0 Å². The average Bonchev–Trinajstić information content (AvgIpc) is 2.56. The van der Waals surface area contributed by atoms with Crippen LogP contribution in [0, 0.1) is 0 Å². The minimum Gasteiger partial charge on any atom is -0.329 e. The summed E-state index contributed by atoms with van der Waals surface area (Å²) in [5.41, 5.74) is 1.09. The number of H-pyrrole nitrogens is 1. The van der Waals surface area contributed by atoms with Crippen LogP contribution >= 0.6 is 0 Å². The Labute approximate surface area is 70.8 Å². The average molecular weight is 164 g/mol.